The van der Waals surface area contributed by atoms with Crippen molar-refractivity contribution >= 4 is 23.8 Å². The number of rotatable bonds is 10. The van der Waals surface area contributed by atoms with E-state index in [0.29, 0.717) is 22.8 Å². The molecule has 0 radical (unpaired) electrons. The molecule has 0 saturated carbocycles. The number of carbonyl (C=O) groups excluding carboxylic acids is 1. The fraction of sp³-hybridized carbons (Fsp3) is 0.318. The molecule has 0 bridgehead atoms. The zero-order valence-electron chi connectivity index (χ0n) is 17.9. The summed E-state index contributed by atoms with van der Waals surface area (Å²) in [7, 11) is 1.57. The van der Waals surface area contributed by atoms with Gasteiger partial charge >= 0.3 is 0 Å². The Labute approximate surface area is 186 Å². The van der Waals surface area contributed by atoms with Crippen LogP contribution < -0.4 is 20.2 Å². The van der Waals surface area contributed by atoms with E-state index in [-0.39, 0.29) is 12.5 Å². The van der Waals surface area contributed by atoms with E-state index in [1.165, 1.54) is 0 Å². The van der Waals surface area contributed by atoms with Crippen LogP contribution in [-0.4, -0.2) is 34.5 Å². The van der Waals surface area contributed by atoms with E-state index in [1.54, 1.807) is 17.9 Å². The highest BCUT2D eigenvalue weighted by atomic mass is 32.1. The number of nitrogens with zero attached hydrogens (tertiary/aromatic N) is 2. The second-order valence-electron chi connectivity index (χ2n) is 7.02. The van der Waals surface area contributed by atoms with E-state index in [9.17, 15) is 4.79 Å². The largest absolute Gasteiger partial charge is 0.493 e. The Morgan fingerprint density at radius 1 is 1.23 bits per heavy atom. The summed E-state index contributed by atoms with van der Waals surface area (Å²) < 4.78 is 13.5. The molecule has 1 aromatic heterocycles. The van der Waals surface area contributed by atoms with Gasteiger partial charge in [-0.15, -0.1) is 0 Å². The Morgan fingerprint density at radius 3 is 2.71 bits per heavy atom. The van der Waals surface area contributed by atoms with Crippen molar-refractivity contribution in [3.8, 4) is 11.5 Å². The van der Waals surface area contributed by atoms with Crippen LogP contribution in [0.25, 0.3) is 0 Å². The van der Waals surface area contributed by atoms with E-state index >= 15 is 0 Å². The Hall–Kier alpha value is -3.33. The van der Waals surface area contributed by atoms with Crippen molar-refractivity contribution in [3.05, 3.63) is 64.2 Å². The molecular weight excluding hydrogens is 414 g/mol. The first-order valence-corrected chi connectivity index (χ1v) is 10.5. The first-order valence-electron chi connectivity index (χ1n) is 10.1. The number of benzene rings is 2. The SMILES string of the molecule is CCCc1n[nH]c(=S)n1NCc1cccc(OC)c1OCC(=O)Nc1ccc(C)cc1. The van der Waals surface area contributed by atoms with E-state index < -0.39 is 0 Å². The predicted octanol–water partition coefficient (Wildman–Crippen LogP) is 3.97. The number of H-pyrrole nitrogens is 1. The first kappa shape index (κ1) is 22.4. The second kappa shape index (κ2) is 10.6. The molecule has 31 heavy (non-hydrogen) atoms. The van der Waals surface area contributed by atoms with Gasteiger partial charge in [0.15, 0.2) is 23.9 Å². The van der Waals surface area contributed by atoms with Gasteiger partial charge in [-0.05, 0) is 43.8 Å². The Balaban J connectivity index is 1.70. The molecule has 1 heterocycles. The maximum Gasteiger partial charge on any atom is 0.262 e. The molecule has 3 rings (SSSR count). The number of nitrogens with one attached hydrogen (secondary N) is 3. The molecule has 3 aromatic rings. The minimum Gasteiger partial charge on any atom is -0.493 e. The lowest BCUT2D eigenvalue weighted by atomic mass is 10.2. The summed E-state index contributed by atoms with van der Waals surface area (Å²) in [4.78, 5) is 12.4. The van der Waals surface area contributed by atoms with Gasteiger partial charge in [0.2, 0.25) is 4.77 Å². The Bertz CT molecular complexity index is 1080. The molecule has 0 saturated heterocycles. The van der Waals surface area contributed by atoms with Gasteiger partial charge in [0.25, 0.3) is 5.91 Å². The standard InChI is InChI=1S/C22H27N5O3S/c1-4-6-19-25-26-22(31)27(19)23-13-16-7-5-8-18(29-3)21(16)30-14-20(28)24-17-11-9-15(2)10-12-17/h5,7-12,23H,4,6,13-14H2,1-3H3,(H,24,28)(H,26,31). The van der Waals surface area contributed by atoms with Crippen LogP contribution in [0.1, 0.15) is 30.3 Å². The van der Waals surface area contributed by atoms with Gasteiger partial charge in [0.1, 0.15) is 0 Å². The van der Waals surface area contributed by atoms with Gasteiger partial charge in [-0.1, -0.05) is 36.8 Å². The summed E-state index contributed by atoms with van der Waals surface area (Å²) in [6.07, 6.45) is 1.74. The molecule has 1 amide bonds. The maximum atomic E-state index is 12.4. The third-order valence-electron chi connectivity index (χ3n) is 4.61. The maximum absolute atomic E-state index is 12.4. The van der Waals surface area contributed by atoms with Crippen molar-refractivity contribution in [1.82, 2.24) is 14.9 Å². The molecule has 0 aliphatic heterocycles. The third kappa shape index (κ3) is 5.85. The lowest BCUT2D eigenvalue weighted by Gasteiger charge is -2.16. The number of hydrogen-bond acceptors (Lipinski definition) is 6. The highest BCUT2D eigenvalue weighted by Crippen LogP contribution is 2.31. The topological polar surface area (TPSA) is 93.2 Å². The van der Waals surface area contributed by atoms with Gasteiger partial charge in [0, 0.05) is 17.7 Å². The number of ether oxygens (including phenoxy) is 2. The van der Waals surface area contributed by atoms with Crippen molar-refractivity contribution in [2.75, 3.05) is 24.5 Å². The van der Waals surface area contributed by atoms with Gasteiger partial charge < -0.3 is 20.2 Å². The number of aromatic nitrogens is 3. The van der Waals surface area contributed by atoms with E-state index in [0.717, 1.165) is 35.5 Å². The molecule has 0 spiro atoms. The molecule has 164 valence electrons. The monoisotopic (exact) mass is 441 g/mol. The molecule has 3 N–H and O–H groups in total. The molecule has 0 atom stereocenters. The van der Waals surface area contributed by atoms with Crippen LogP contribution in [-0.2, 0) is 17.8 Å². The normalized spacial score (nSPS) is 10.5. The molecule has 2 aromatic carbocycles. The first-order chi connectivity index (χ1) is 15.0. The van der Waals surface area contributed by atoms with Gasteiger partial charge in [-0.2, -0.15) is 5.10 Å². The zero-order chi connectivity index (χ0) is 22.2. The number of methoxy groups -OCH3 is 1. The highest BCUT2D eigenvalue weighted by molar-refractivity contribution is 7.71. The fourth-order valence-corrected chi connectivity index (χ4v) is 3.26. The number of aromatic amines is 1. The molecule has 9 heteroatoms. The number of hydrogen-bond donors (Lipinski definition) is 3. The van der Waals surface area contributed by atoms with Gasteiger partial charge in [0.05, 0.1) is 13.7 Å². The lowest BCUT2D eigenvalue weighted by Crippen LogP contribution is -2.22. The minimum absolute atomic E-state index is 0.145. The number of aryl methyl sites for hydroxylation is 2. The van der Waals surface area contributed by atoms with Crippen molar-refractivity contribution in [1.29, 1.82) is 0 Å². The Kier molecular flexibility index (Phi) is 7.66. The zero-order valence-corrected chi connectivity index (χ0v) is 18.7. The van der Waals surface area contributed by atoms with Crippen LogP contribution in [0.4, 0.5) is 5.69 Å². The van der Waals surface area contributed by atoms with Crippen LogP contribution in [0.2, 0.25) is 0 Å². The second-order valence-corrected chi connectivity index (χ2v) is 7.40. The number of anilines is 1. The van der Waals surface area contributed by atoms with Crippen molar-refractivity contribution in [3.63, 3.8) is 0 Å². The van der Waals surface area contributed by atoms with Crippen LogP contribution in [0.15, 0.2) is 42.5 Å². The summed E-state index contributed by atoms with van der Waals surface area (Å²) in [6, 6.07) is 13.2. The van der Waals surface area contributed by atoms with E-state index in [1.807, 2.05) is 43.3 Å². The number of para-hydroxylation sites is 1. The fourth-order valence-electron chi connectivity index (χ4n) is 3.04. The predicted molar refractivity (Wildman–Crippen MR) is 123 cm³/mol. The van der Waals surface area contributed by atoms with Crippen LogP contribution in [0.3, 0.4) is 0 Å². The molecule has 0 unspecified atom stereocenters. The van der Waals surface area contributed by atoms with E-state index in [4.69, 9.17) is 21.7 Å². The third-order valence-corrected chi connectivity index (χ3v) is 4.88. The summed E-state index contributed by atoms with van der Waals surface area (Å²) >= 11 is 5.31. The quantitative estimate of drug-likeness (QED) is 0.412. The van der Waals surface area contributed by atoms with Crippen molar-refractivity contribution in [2.45, 2.75) is 33.2 Å². The molecule has 8 nitrogen and oxygen atoms in total. The molecular formula is C22H27N5O3S. The summed E-state index contributed by atoms with van der Waals surface area (Å²) in [5.41, 5.74) is 5.94. The number of carbonyl (C=O) groups is 1. The van der Waals surface area contributed by atoms with Crippen LogP contribution in [0.5, 0.6) is 11.5 Å². The summed E-state index contributed by atoms with van der Waals surface area (Å²) in [5, 5.41) is 9.89. The van der Waals surface area contributed by atoms with Gasteiger partial charge in [-0.25, -0.2) is 4.68 Å². The number of amides is 1. The molecule has 0 aliphatic rings. The van der Waals surface area contributed by atoms with Gasteiger partial charge in [-0.3, -0.25) is 9.89 Å². The van der Waals surface area contributed by atoms with E-state index in [2.05, 4.69) is 27.9 Å². The van der Waals surface area contributed by atoms with Crippen molar-refractivity contribution < 1.29 is 14.3 Å². The minimum atomic E-state index is -0.254. The smallest absolute Gasteiger partial charge is 0.262 e. The molecule has 0 fully saturated rings. The molecule has 0 aliphatic carbocycles. The van der Waals surface area contributed by atoms with Crippen LogP contribution in [0, 0.1) is 11.7 Å². The lowest BCUT2D eigenvalue weighted by molar-refractivity contribution is -0.118. The van der Waals surface area contributed by atoms with Crippen LogP contribution >= 0.6 is 12.2 Å². The average Bonchev–Trinajstić information content (AvgIpc) is 3.12. The summed E-state index contributed by atoms with van der Waals surface area (Å²) in [6.45, 7) is 4.34. The van der Waals surface area contributed by atoms with Crippen molar-refractivity contribution in [2.24, 2.45) is 0 Å². The average molecular weight is 442 g/mol. The summed E-state index contributed by atoms with van der Waals surface area (Å²) in [5.74, 6) is 1.63. The Morgan fingerprint density at radius 2 is 2.00 bits per heavy atom. The highest BCUT2D eigenvalue weighted by Gasteiger charge is 2.14.